The molecule has 1 aliphatic rings. The van der Waals surface area contributed by atoms with E-state index >= 15 is 0 Å². The molecule has 1 fully saturated rings. The van der Waals surface area contributed by atoms with Gasteiger partial charge in [0.2, 0.25) is 0 Å². The molecule has 0 aromatic heterocycles. The second-order valence-corrected chi connectivity index (χ2v) is 4.82. The van der Waals surface area contributed by atoms with Gasteiger partial charge in [-0.3, -0.25) is 4.90 Å². The van der Waals surface area contributed by atoms with E-state index in [1.165, 1.54) is 0 Å². The normalized spacial score (nSPS) is 18.9. The molecule has 3 nitrogen and oxygen atoms in total. The maximum absolute atomic E-state index is 9.71. The van der Waals surface area contributed by atoms with E-state index in [-0.39, 0.29) is 0 Å². The minimum Gasteiger partial charge on any atom is -0.508 e. The number of phenolic OH excluding ortho intramolecular Hbond substituents is 1. The second-order valence-electron chi connectivity index (χ2n) is 4.39. The fourth-order valence-electron chi connectivity index (χ4n) is 2.03. The molecular weight excluding hydrogens is 224 g/mol. The number of phenols is 1. The minimum absolute atomic E-state index is 0.319. The van der Waals surface area contributed by atoms with Gasteiger partial charge in [-0.15, -0.1) is 0 Å². The fraction of sp³-hybridized carbons (Fsp3) is 0.500. The number of nitrogens with zero attached hydrogens (tertiary/aromatic N) is 1. The Morgan fingerprint density at radius 1 is 1.38 bits per heavy atom. The van der Waals surface area contributed by atoms with Crippen LogP contribution in [0.15, 0.2) is 18.2 Å². The maximum Gasteiger partial charge on any atom is 0.120 e. The summed E-state index contributed by atoms with van der Waals surface area (Å²) >= 11 is 5.91. The van der Waals surface area contributed by atoms with E-state index in [1.54, 1.807) is 12.1 Å². The number of likely N-dealkylation sites (tertiary alicyclic amines) is 1. The number of hydrogen-bond donors (Lipinski definition) is 2. The number of rotatable bonds is 2. The van der Waals surface area contributed by atoms with Crippen LogP contribution in [0.4, 0.5) is 0 Å². The van der Waals surface area contributed by atoms with Crippen molar-refractivity contribution in [3.05, 3.63) is 28.8 Å². The Balaban J connectivity index is 2.00. The summed E-state index contributed by atoms with van der Waals surface area (Å²) in [7, 11) is 0. The maximum atomic E-state index is 9.71. The molecule has 2 rings (SSSR count). The molecule has 0 saturated carbocycles. The lowest BCUT2D eigenvalue weighted by Gasteiger charge is -2.30. The summed E-state index contributed by atoms with van der Waals surface area (Å²) in [6, 6.07) is 5.51. The summed E-state index contributed by atoms with van der Waals surface area (Å²) in [5, 5.41) is 10.4. The van der Waals surface area contributed by atoms with Gasteiger partial charge >= 0.3 is 0 Å². The number of nitrogens with two attached hydrogens (primary N) is 1. The molecule has 1 heterocycles. The predicted molar refractivity (Wildman–Crippen MR) is 65.6 cm³/mol. The van der Waals surface area contributed by atoms with Crippen molar-refractivity contribution in [3.63, 3.8) is 0 Å². The zero-order chi connectivity index (χ0) is 11.5. The van der Waals surface area contributed by atoms with Crippen LogP contribution in [0.1, 0.15) is 18.4 Å². The van der Waals surface area contributed by atoms with E-state index in [0.29, 0.717) is 16.8 Å². The van der Waals surface area contributed by atoms with Gasteiger partial charge in [0.1, 0.15) is 5.75 Å². The van der Waals surface area contributed by atoms with Crippen molar-refractivity contribution in [1.29, 1.82) is 0 Å². The molecule has 16 heavy (non-hydrogen) atoms. The summed E-state index contributed by atoms with van der Waals surface area (Å²) in [5.74, 6) is 0.319. The Morgan fingerprint density at radius 3 is 2.75 bits per heavy atom. The van der Waals surface area contributed by atoms with Crippen molar-refractivity contribution in [2.24, 2.45) is 5.73 Å². The van der Waals surface area contributed by atoms with Crippen molar-refractivity contribution in [2.75, 3.05) is 13.1 Å². The molecule has 1 saturated heterocycles. The van der Waals surface area contributed by atoms with E-state index in [4.69, 9.17) is 17.3 Å². The molecule has 88 valence electrons. The first-order chi connectivity index (χ1) is 7.65. The number of hydrogen-bond acceptors (Lipinski definition) is 3. The van der Waals surface area contributed by atoms with Gasteiger partial charge in [-0.2, -0.15) is 0 Å². The minimum atomic E-state index is 0.319. The second kappa shape index (κ2) is 5.04. The Labute approximate surface area is 101 Å². The van der Waals surface area contributed by atoms with Crippen molar-refractivity contribution >= 4 is 11.6 Å². The topological polar surface area (TPSA) is 49.5 Å². The van der Waals surface area contributed by atoms with Crippen molar-refractivity contribution in [2.45, 2.75) is 25.4 Å². The van der Waals surface area contributed by atoms with Gasteiger partial charge in [0.15, 0.2) is 0 Å². The summed E-state index contributed by atoms with van der Waals surface area (Å²) in [4.78, 5) is 2.30. The lowest BCUT2D eigenvalue weighted by molar-refractivity contribution is 0.203. The quantitative estimate of drug-likeness (QED) is 0.831. The van der Waals surface area contributed by atoms with Crippen LogP contribution in [0.2, 0.25) is 5.02 Å². The first-order valence-electron chi connectivity index (χ1n) is 5.60. The van der Waals surface area contributed by atoms with Gasteiger partial charge < -0.3 is 10.8 Å². The third kappa shape index (κ3) is 2.88. The highest BCUT2D eigenvalue weighted by atomic mass is 35.5. The molecule has 1 aromatic rings. The highest BCUT2D eigenvalue weighted by Gasteiger charge is 2.17. The summed E-state index contributed by atoms with van der Waals surface area (Å²) in [6.07, 6.45) is 2.06. The van der Waals surface area contributed by atoms with Crippen LogP contribution in [0.5, 0.6) is 5.75 Å². The van der Waals surface area contributed by atoms with E-state index < -0.39 is 0 Å². The molecular formula is C12H17ClN2O. The highest BCUT2D eigenvalue weighted by Crippen LogP contribution is 2.24. The SMILES string of the molecule is NC1CCN(Cc2cc(Cl)ccc2O)CC1. The van der Waals surface area contributed by atoms with Gasteiger partial charge in [0, 0.05) is 23.2 Å². The molecule has 0 atom stereocenters. The molecule has 0 unspecified atom stereocenters. The van der Waals surface area contributed by atoms with Gasteiger partial charge in [0.05, 0.1) is 0 Å². The Kier molecular flexibility index (Phi) is 3.69. The van der Waals surface area contributed by atoms with Crippen LogP contribution in [0, 0.1) is 0 Å². The molecule has 0 bridgehead atoms. The molecule has 3 N–H and O–H groups in total. The molecule has 0 aliphatic carbocycles. The summed E-state index contributed by atoms with van der Waals surface area (Å²) in [6.45, 7) is 2.74. The van der Waals surface area contributed by atoms with E-state index in [0.717, 1.165) is 38.0 Å². The Hall–Kier alpha value is -0.770. The Bertz CT molecular complexity index is 362. The molecule has 4 heteroatoms. The smallest absolute Gasteiger partial charge is 0.120 e. The molecule has 0 spiro atoms. The average Bonchev–Trinajstić information content (AvgIpc) is 2.27. The van der Waals surface area contributed by atoms with Crippen LogP contribution in [-0.2, 0) is 6.54 Å². The van der Waals surface area contributed by atoms with E-state index in [9.17, 15) is 5.11 Å². The van der Waals surface area contributed by atoms with Crippen LogP contribution in [-0.4, -0.2) is 29.1 Å². The predicted octanol–water partition coefficient (Wildman–Crippen LogP) is 1.97. The van der Waals surface area contributed by atoms with Crippen molar-refractivity contribution in [3.8, 4) is 5.75 Å². The molecule has 1 aromatic carbocycles. The average molecular weight is 241 g/mol. The number of aromatic hydroxyl groups is 1. The van der Waals surface area contributed by atoms with Crippen LogP contribution >= 0.6 is 11.6 Å². The lowest BCUT2D eigenvalue weighted by Crippen LogP contribution is -2.39. The van der Waals surface area contributed by atoms with Gasteiger partial charge in [0.25, 0.3) is 0 Å². The zero-order valence-corrected chi connectivity index (χ0v) is 9.95. The first kappa shape index (κ1) is 11.7. The van der Waals surface area contributed by atoms with Crippen LogP contribution < -0.4 is 5.73 Å². The van der Waals surface area contributed by atoms with Crippen LogP contribution in [0.25, 0.3) is 0 Å². The Morgan fingerprint density at radius 2 is 2.06 bits per heavy atom. The summed E-state index contributed by atoms with van der Waals surface area (Å²) in [5.41, 5.74) is 6.74. The standard InChI is InChI=1S/C12H17ClN2O/c13-10-1-2-12(16)9(7-10)8-15-5-3-11(14)4-6-15/h1-2,7,11,16H,3-6,8,14H2. The number of piperidine rings is 1. The largest absolute Gasteiger partial charge is 0.508 e. The fourth-order valence-corrected chi connectivity index (χ4v) is 2.23. The molecule has 1 aliphatic heterocycles. The molecule has 0 radical (unpaired) electrons. The highest BCUT2D eigenvalue weighted by molar-refractivity contribution is 6.30. The third-order valence-corrected chi connectivity index (χ3v) is 3.30. The van der Waals surface area contributed by atoms with Crippen molar-refractivity contribution in [1.82, 2.24) is 4.90 Å². The summed E-state index contributed by atoms with van der Waals surface area (Å²) < 4.78 is 0. The van der Waals surface area contributed by atoms with Gasteiger partial charge in [-0.05, 0) is 44.1 Å². The van der Waals surface area contributed by atoms with E-state index in [2.05, 4.69) is 4.90 Å². The first-order valence-corrected chi connectivity index (χ1v) is 5.98. The number of halogens is 1. The zero-order valence-electron chi connectivity index (χ0n) is 9.19. The third-order valence-electron chi connectivity index (χ3n) is 3.07. The molecule has 0 amide bonds. The number of benzene rings is 1. The van der Waals surface area contributed by atoms with Crippen molar-refractivity contribution < 1.29 is 5.11 Å². The van der Waals surface area contributed by atoms with E-state index in [1.807, 2.05) is 6.07 Å². The lowest BCUT2D eigenvalue weighted by atomic mass is 10.1. The monoisotopic (exact) mass is 240 g/mol. The van der Waals surface area contributed by atoms with Gasteiger partial charge in [-0.25, -0.2) is 0 Å². The van der Waals surface area contributed by atoms with Crippen LogP contribution in [0.3, 0.4) is 0 Å². The van der Waals surface area contributed by atoms with Gasteiger partial charge in [-0.1, -0.05) is 11.6 Å².